The third-order valence-electron chi connectivity index (χ3n) is 5.01. The van der Waals surface area contributed by atoms with E-state index >= 15 is 0 Å². The molecule has 1 aromatic heterocycles. The summed E-state index contributed by atoms with van der Waals surface area (Å²) >= 11 is 7.95. The number of methoxy groups -OCH3 is 2. The molecule has 0 saturated heterocycles. The maximum atomic E-state index is 12.1. The van der Waals surface area contributed by atoms with Crippen LogP contribution in [0.3, 0.4) is 0 Å². The molecule has 0 amide bonds. The zero-order chi connectivity index (χ0) is 22.1. The predicted octanol–water partition coefficient (Wildman–Crippen LogP) is 6.16. The van der Waals surface area contributed by atoms with Crippen molar-refractivity contribution in [3.8, 4) is 17.2 Å². The van der Waals surface area contributed by atoms with Gasteiger partial charge in [-0.3, -0.25) is 0 Å². The summed E-state index contributed by atoms with van der Waals surface area (Å²) < 4.78 is 17.5. The number of benzene rings is 2. The van der Waals surface area contributed by atoms with Crippen LogP contribution >= 0.6 is 22.9 Å². The van der Waals surface area contributed by atoms with Crippen molar-refractivity contribution in [1.82, 2.24) is 0 Å². The molecule has 0 bridgehead atoms. The molecule has 1 unspecified atom stereocenters. The Morgan fingerprint density at radius 3 is 2.37 bits per heavy atom. The maximum absolute atomic E-state index is 12.1. The van der Waals surface area contributed by atoms with Crippen LogP contribution in [-0.2, 0) is 11.2 Å². The Morgan fingerprint density at radius 1 is 1.17 bits per heavy atom. The van der Waals surface area contributed by atoms with Crippen molar-refractivity contribution in [3.63, 3.8) is 0 Å². The van der Waals surface area contributed by atoms with Gasteiger partial charge in [-0.05, 0) is 36.6 Å². The number of halogens is 1. The quantitative estimate of drug-likeness (QED) is 0.447. The maximum Gasteiger partial charge on any atom is 0.348 e. The van der Waals surface area contributed by atoms with Crippen LogP contribution in [0.15, 0.2) is 36.4 Å². The molecule has 0 aliphatic carbocycles. The lowest BCUT2D eigenvalue weighted by Crippen LogP contribution is -2.43. The minimum absolute atomic E-state index is 0.189. The largest absolute Gasteiger partial charge is 0.493 e. The van der Waals surface area contributed by atoms with Gasteiger partial charge < -0.3 is 19.3 Å². The van der Waals surface area contributed by atoms with E-state index < -0.39 is 11.6 Å². The summed E-state index contributed by atoms with van der Waals surface area (Å²) in [6, 6.07) is 11.3. The van der Waals surface area contributed by atoms with Crippen molar-refractivity contribution in [1.29, 1.82) is 0 Å². The molecule has 30 heavy (non-hydrogen) atoms. The lowest BCUT2D eigenvalue weighted by atomic mass is 10.00. The van der Waals surface area contributed by atoms with Crippen molar-refractivity contribution in [2.45, 2.75) is 38.7 Å². The first-order chi connectivity index (χ1) is 14.2. The van der Waals surface area contributed by atoms with Crippen LogP contribution in [0, 0.1) is 0 Å². The first-order valence-corrected chi connectivity index (χ1v) is 10.7. The number of carboxylic acids is 1. The smallest absolute Gasteiger partial charge is 0.348 e. The molecule has 7 heteroatoms. The highest BCUT2D eigenvalue weighted by molar-refractivity contribution is 7.19. The minimum atomic E-state index is -1.43. The van der Waals surface area contributed by atoms with E-state index in [1.165, 1.54) is 24.0 Å². The predicted molar refractivity (Wildman–Crippen MR) is 121 cm³/mol. The molecule has 0 fully saturated rings. The zero-order valence-electron chi connectivity index (χ0n) is 17.6. The molecule has 0 saturated carbocycles. The van der Waals surface area contributed by atoms with Gasteiger partial charge in [0.2, 0.25) is 5.60 Å². The standard InChI is InChI=1S/C23H25ClO5S/c1-13(2)14-6-8-15(9-7-14)29-23(3,22(25)26)12-16-10-17-19(30-16)11-18(27-4)21(28-5)20(17)24/h6-11,13H,12H2,1-5H3,(H,25,26). The fourth-order valence-corrected chi connectivity index (χ4v) is 4.88. The van der Waals surface area contributed by atoms with E-state index in [1.54, 1.807) is 14.0 Å². The summed E-state index contributed by atoms with van der Waals surface area (Å²) in [5.41, 5.74) is -0.262. The van der Waals surface area contributed by atoms with Crippen LogP contribution in [0.5, 0.6) is 17.2 Å². The van der Waals surface area contributed by atoms with Crippen molar-refractivity contribution in [2.75, 3.05) is 14.2 Å². The van der Waals surface area contributed by atoms with Gasteiger partial charge in [0, 0.05) is 27.5 Å². The van der Waals surface area contributed by atoms with Gasteiger partial charge >= 0.3 is 5.97 Å². The highest BCUT2D eigenvalue weighted by atomic mass is 35.5. The normalized spacial score (nSPS) is 13.3. The number of ether oxygens (including phenoxy) is 3. The SMILES string of the molecule is COc1cc2sc(CC(C)(Oc3ccc(C(C)C)cc3)C(=O)O)cc2c(Cl)c1OC. The van der Waals surface area contributed by atoms with Gasteiger partial charge in [-0.1, -0.05) is 37.6 Å². The van der Waals surface area contributed by atoms with Crippen LogP contribution in [0.2, 0.25) is 5.02 Å². The van der Waals surface area contributed by atoms with Gasteiger partial charge in [0.25, 0.3) is 0 Å². The lowest BCUT2D eigenvalue weighted by Gasteiger charge is -2.26. The minimum Gasteiger partial charge on any atom is -0.493 e. The molecule has 1 heterocycles. The lowest BCUT2D eigenvalue weighted by molar-refractivity contribution is -0.153. The van der Waals surface area contributed by atoms with E-state index in [2.05, 4.69) is 13.8 Å². The average Bonchev–Trinajstić information content (AvgIpc) is 3.10. The van der Waals surface area contributed by atoms with E-state index in [0.29, 0.717) is 28.2 Å². The molecule has 2 aromatic carbocycles. The van der Waals surface area contributed by atoms with Crippen molar-refractivity contribution >= 4 is 39.0 Å². The van der Waals surface area contributed by atoms with E-state index in [0.717, 1.165) is 15.0 Å². The molecule has 0 spiro atoms. The first kappa shape index (κ1) is 22.2. The number of aliphatic carboxylic acids is 1. The van der Waals surface area contributed by atoms with E-state index in [9.17, 15) is 9.90 Å². The summed E-state index contributed by atoms with van der Waals surface area (Å²) in [5.74, 6) is 0.868. The highest BCUT2D eigenvalue weighted by Gasteiger charge is 2.37. The number of rotatable bonds is 8. The molecule has 3 rings (SSSR count). The van der Waals surface area contributed by atoms with Crippen molar-refractivity contribution in [3.05, 3.63) is 51.9 Å². The molecule has 160 valence electrons. The molecule has 0 aliphatic rings. The summed E-state index contributed by atoms with van der Waals surface area (Å²) in [6.07, 6.45) is 0.189. The monoisotopic (exact) mass is 448 g/mol. The second-order valence-electron chi connectivity index (χ2n) is 7.59. The van der Waals surface area contributed by atoms with Gasteiger partial charge in [0.1, 0.15) is 5.75 Å². The number of fused-ring (bicyclic) bond motifs is 1. The molecule has 1 atom stereocenters. The summed E-state index contributed by atoms with van der Waals surface area (Å²) in [5, 5.41) is 11.1. The van der Waals surface area contributed by atoms with E-state index in [1.807, 2.05) is 36.4 Å². The molecular weight excluding hydrogens is 424 g/mol. The average molecular weight is 449 g/mol. The Balaban J connectivity index is 1.93. The van der Waals surface area contributed by atoms with Gasteiger partial charge in [0.15, 0.2) is 11.5 Å². The number of carboxylic acid groups (broad SMARTS) is 1. The zero-order valence-corrected chi connectivity index (χ0v) is 19.2. The fourth-order valence-electron chi connectivity index (χ4n) is 3.25. The fraction of sp³-hybridized carbons (Fsp3) is 0.348. The summed E-state index contributed by atoms with van der Waals surface area (Å²) in [7, 11) is 3.08. The van der Waals surface area contributed by atoms with Crippen LogP contribution in [0.1, 0.15) is 37.1 Å². The molecule has 0 radical (unpaired) electrons. The van der Waals surface area contributed by atoms with Crippen molar-refractivity contribution in [2.24, 2.45) is 0 Å². The molecule has 5 nitrogen and oxygen atoms in total. The van der Waals surface area contributed by atoms with Gasteiger partial charge in [-0.2, -0.15) is 0 Å². The van der Waals surface area contributed by atoms with E-state index in [4.69, 9.17) is 25.8 Å². The van der Waals surface area contributed by atoms with Gasteiger partial charge in [0.05, 0.1) is 19.2 Å². The Hall–Kier alpha value is -2.44. The highest BCUT2D eigenvalue weighted by Crippen LogP contribution is 2.44. The van der Waals surface area contributed by atoms with Crippen LogP contribution < -0.4 is 14.2 Å². The molecule has 1 N–H and O–H groups in total. The second-order valence-corrected chi connectivity index (χ2v) is 9.14. The first-order valence-electron chi connectivity index (χ1n) is 9.53. The number of hydrogen-bond acceptors (Lipinski definition) is 5. The van der Waals surface area contributed by atoms with Gasteiger partial charge in [-0.15, -0.1) is 11.3 Å². The third-order valence-corrected chi connectivity index (χ3v) is 6.47. The Labute approximate surface area is 185 Å². The van der Waals surface area contributed by atoms with E-state index in [-0.39, 0.29) is 6.42 Å². The topological polar surface area (TPSA) is 65.0 Å². The summed E-state index contributed by atoms with van der Waals surface area (Å²) in [4.78, 5) is 12.9. The van der Waals surface area contributed by atoms with Gasteiger partial charge in [-0.25, -0.2) is 4.79 Å². The molecular formula is C23H25ClO5S. The number of hydrogen-bond donors (Lipinski definition) is 1. The van der Waals surface area contributed by atoms with Crippen LogP contribution in [-0.4, -0.2) is 30.9 Å². The molecule has 0 aliphatic heterocycles. The van der Waals surface area contributed by atoms with Crippen molar-refractivity contribution < 1.29 is 24.1 Å². The Bertz CT molecular complexity index is 1060. The second kappa shape index (κ2) is 8.74. The Morgan fingerprint density at radius 2 is 1.83 bits per heavy atom. The Kier molecular flexibility index (Phi) is 6.48. The van der Waals surface area contributed by atoms with Crippen LogP contribution in [0.25, 0.3) is 10.1 Å². The summed E-state index contributed by atoms with van der Waals surface area (Å²) in [6.45, 7) is 5.79. The molecule has 3 aromatic rings. The number of carbonyl (C=O) groups is 1. The van der Waals surface area contributed by atoms with Crippen LogP contribution in [0.4, 0.5) is 0 Å². The third kappa shape index (κ3) is 4.35. The number of thiophene rings is 1.